The fourth-order valence-electron chi connectivity index (χ4n) is 3.79. The van der Waals surface area contributed by atoms with E-state index in [1.54, 1.807) is 21.8 Å². The Bertz CT molecular complexity index is 1320. The largest absolute Gasteiger partial charge is 0.487 e. The number of aryl methyl sites for hydroxylation is 1. The highest BCUT2D eigenvalue weighted by atomic mass is 16.5. The maximum Gasteiger partial charge on any atom is 0.206 e. The zero-order chi connectivity index (χ0) is 23.5. The van der Waals surface area contributed by atoms with Gasteiger partial charge in [0.2, 0.25) is 5.43 Å². The van der Waals surface area contributed by atoms with Crippen molar-refractivity contribution in [2.45, 2.75) is 19.6 Å². The average molecular weight is 462 g/mol. The van der Waals surface area contributed by atoms with Gasteiger partial charge in [0.05, 0.1) is 37.8 Å². The van der Waals surface area contributed by atoms with Gasteiger partial charge in [-0.1, -0.05) is 6.08 Å². The van der Waals surface area contributed by atoms with Gasteiger partial charge >= 0.3 is 0 Å². The fourth-order valence-corrected chi connectivity index (χ4v) is 3.79. The van der Waals surface area contributed by atoms with Crippen LogP contribution in [-0.4, -0.2) is 55.6 Å². The molecule has 10 nitrogen and oxygen atoms in total. The molecular weight excluding hydrogens is 434 g/mol. The molecule has 1 saturated heterocycles. The van der Waals surface area contributed by atoms with E-state index >= 15 is 0 Å². The van der Waals surface area contributed by atoms with Crippen LogP contribution in [0.2, 0.25) is 0 Å². The molecule has 0 unspecified atom stereocenters. The molecule has 0 saturated carbocycles. The zero-order valence-corrected chi connectivity index (χ0v) is 19.2. The zero-order valence-electron chi connectivity index (χ0n) is 19.2. The van der Waals surface area contributed by atoms with Crippen LogP contribution in [0.4, 0.5) is 0 Å². The Morgan fingerprint density at radius 1 is 1.26 bits per heavy atom. The van der Waals surface area contributed by atoms with Crippen LogP contribution in [0.25, 0.3) is 11.3 Å². The summed E-state index contributed by atoms with van der Waals surface area (Å²) in [6.45, 7) is 4.92. The molecule has 5 heterocycles. The van der Waals surface area contributed by atoms with E-state index in [0.29, 0.717) is 17.5 Å². The molecule has 1 N–H and O–H groups in total. The topological polar surface area (TPSA) is 101 Å². The fraction of sp³-hybridized carbons (Fsp3) is 0.333. The van der Waals surface area contributed by atoms with Crippen molar-refractivity contribution in [1.29, 1.82) is 0 Å². The Morgan fingerprint density at radius 3 is 2.88 bits per heavy atom. The molecule has 0 aromatic carbocycles. The standard InChI is InChI=1S/C24H27N7O3/c1-3-22(34-16-23-24(32)4-5-30(28-23)20-11-26-29(2)13-20)7-17-6-18(9-25-8-17)19-10-27-31(12-19)21-14-33-15-21/h3-7,10-13,21,25H,8-9,14-16H2,1-2H3. The van der Waals surface area contributed by atoms with Crippen molar-refractivity contribution in [3.05, 3.63) is 88.1 Å². The minimum absolute atomic E-state index is 0.0730. The second-order valence-electron chi connectivity index (χ2n) is 8.32. The van der Waals surface area contributed by atoms with Gasteiger partial charge in [0.1, 0.15) is 23.7 Å². The quantitative estimate of drug-likeness (QED) is 0.535. The summed E-state index contributed by atoms with van der Waals surface area (Å²) in [5, 5.41) is 16.5. The molecule has 176 valence electrons. The minimum Gasteiger partial charge on any atom is -0.487 e. The highest BCUT2D eigenvalue weighted by Gasteiger charge is 2.22. The van der Waals surface area contributed by atoms with Gasteiger partial charge in [-0.25, -0.2) is 4.68 Å². The molecule has 0 radical (unpaired) electrons. The number of aromatic nitrogens is 6. The third kappa shape index (κ3) is 4.78. The van der Waals surface area contributed by atoms with E-state index in [1.807, 2.05) is 43.2 Å². The molecule has 2 aliphatic heterocycles. The van der Waals surface area contributed by atoms with Crippen molar-refractivity contribution in [3.63, 3.8) is 0 Å². The summed E-state index contributed by atoms with van der Waals surface area (Å²) >= 11 is 0. The van der Waals surface area contributed by atoms with E-state index in [-0.39, 0.29) is 12.0 Å². The Kier molecular flexibility index (Phi) is 6.24. The number of ether oxygens (including phenoxy) is 2. The lowest BCUT2D eigenvalue weighted by atomic mass is 10.0. The molecule has 3 aromatic rings. The van der Waals surface area contributed by atoms with Crippen LogP contribution in [0.5, 0.6) is 0 Å². The van der Waals surface area contributed by atoms with Gasteiger partial charge in [-0.2, -0.15) is 15.3 Å². The molecule has 2 aliphatic rings. The van der Waals surface area contributed by atoms with Gasteiger partial charge in [-0.3, -0.25) is 14.2 Å². The Labute approximate surface area is 196 Å². The monoisotopic (exact) mass is 461 g/mol. The first-order valence-electron chi connectivity index (χ1n) is 11.2. The van der Waals surface area contributed by atoms with Crippen molar-refractivity contribution in [2.24, 2.45) is 7.05 Å². The summed E-state index contributed by atoms with van der Waals surface area (Å²) in [6, 6.07) is 1.82. The molecule has 34 heavy (non-hydrogen) atoms. The number of hydrogen-bond acceptors (Lipinski definition) is 7. The summed E-state index contributed by atoms with van der Waals surface area (Å²) in [5.41, 5.74) is 4.29. The molecule has 10 heteroatoms. The van der Waals surface area contributed by atoms with E-state index in [1.165, 1.54) is 11.6 Å². The predicted molar refractivity (Wildman–Crippen MR) is 126 cm³/mol. The highest BCUT2D eigenvalue weighted by molar-refractivity contribution is 5.70. The molecule has 0 aliphatic carbocycles. The summed E-state index contributed by atoms with van der Waals surface area (Å²) < 4.78 is 16.5. The minimum atomic E-state index is -0.168. The average Bonchev–Trinajstić information content (AvgIpc) is 3.46. The number of nitrogens with one attached hydrogen (secondary N) is 1. The summed E-state index contributed by atoms with van der Waals surface area (Å²) in [5.74, 6) is 0.676. The molecule has 3 aromatic heterocycles. The first kappa shape index (κ1) is 22.1. The molecule has 5 rings (SSSR count). The SMILES string of the molecule is CC=C(C=C1C=C(c2cnn(C3COC3)c2)CNC1)OCc1nn(-c2cnn(C)c2)ccc1=O. The molecule has 0 spiro atoms. The van der Waals surface area contributed by atoms with Crippen molar-refractivity contribution in [2.75, 3.05) is 26.3 Å². The van der Waals surface area contributed by atoms with Gasteiger partial charge in [0.15, 0.2) is 0 Å². The van der Waals surface area contributed by atoms with Crippen LogP contribution in [0.3, 0.4) is 0 Å². The first-order valence-corrected chi connectivity index (χ1v) is 11.2. The van der Waals surface area contributed by atoms with Crippen molar-refractivity contribution >= 4 is 5.57 Å². The van der Waals surface area contributed by atoms with Crippen LogP contribution in [-0.2, 0) is 23.1 Å². The number of nitrogens with zero attached hydrogens (tertiary/aromatic N) is 6. The van der Waals surface area contributed by atoms with Crippen LogP contribution in [0.1, 0.15) is 24.2 Å². The van der Waals surface area contributed by atoms with E-state index < -0.39 is 0 Å². The molecule has 0 amide bonds. The van der Waals surface area contributed by atoms with Crippen molar-refractivity contribution in [1.82, 2.24) is 34.7 Å². The molecular formula is C24H27N7O3. The Balaban J connectivity index is 1.29. The maximum absolute atomic E-state index is 12.3. The number of allylic oxidation sites excluding steroid dienone is 2. The summed E-state index contributed by atoms with van der Waals surface area (Å²) in [6.07, 6.45) is 15.1. The van der Waals surface area contributed by atoms with E-state index in [2.05, 4.69) is 32.9 Å². The van der Waals surface area contributed by atoms with Crippen LogP contribution >= 0.6 is 0 Å². The van der Waals surface area contributed by atoms with Gasteiger partial charge in [0.25, 0.3) is 0 Å². The first-order chi connectivity index (χ1) is 16.6. The number of hydrogen-bond donors (Lipinski definition) is 1. The lowest BCUT2D eigenvalue weighted by molar-refractivity contribution is -0.0286. The lowest BCUT2D eigenvalue weighted by Gasteiger charge is -2.26. The smallest absolute Gasteiger partial charge is 0.206 e. The van der Waals surface area contributed by atoms with E-state index in [9.17, 15) is 4.79 Å². The van der Waals surface area contributed by atoms with Crippen molar-refractivity contribution in [3.8, 4) is 5.69 Å². The molecule has 1 fully saturated rings. The van der Waals surface area contributed by atoms with Gasteiger partial charge in [-0.05, 0) is 30.2 Å². The van der Waals surface area contributed by atoms with Gasteiger partial charge < -0.3 is 14.8 Å². The molecule has 0 bridgehead atoms. The lowest BCUT2D eigenvalue weighted by Crippen LogP contribution is -2.30. The second kappa shape index (κ2) is 9.62. The Morgan fingerprint density at radius 2 is 2.15 bits per heavy atom. The van der Waals surface area contributed by atoms with Crippen LogP contribution in [0.15, 0.2) is 71.4 Å². The third-order valence-electron chi connectivity index (χ3n) is 5.79. The second-order valence-corrected chi connectivity index (χ2v) is 8.32. The number of rotatable bonds is 7. The van der Waals surface area contributed by atoms with Crippen LogP contribution < -0.4 is 10.7 Å². The highest BCUT2D eigenvalue weighted by Crippen LogP contribution is 2.23. The predicted octanol–water partition coefficient (Wildman–Crippen LogP) is 1.77. The van der Waals surface area contributed by atoms with Gasteiger partial charge in [-0.15, -0.1) is 0 Å². The van der Waals surface area contributed by atoms with E-state index in [0.717, 1.165) is 43.1 Å². The van der Waals surface area contributed by atoms with Crippen molar-refractivity contribution < 1.29 is 9.47 Å². The maximum atomic E-state index is 12.3. The molecule has 0 atom stereocenters. The Hall–Kier alpha value is -3.76. The van der Waals surface area contributed by atoms with E-state index in [4.69, 9.17) is 9.47 Å². The third-order valence-corrected chi connectivity index (χ3v) is 5.79. The van der Waals surface area contributed by atoms with Gasteiger partial charge in [0, 0.05) is 44.2 Å². The summed E-state index contributed by atoms with van der Waals surface area (Å²) in [4.78, 5) is 12.3. The summed E-state index contributed by atoms with van der Waals surface area (Å²) in [7, 11) is 1.83. The normalized spacial score (nSPS) is 18.1. The van der Waals surface area contributed by atoms with Crippen LogP contribution in [0, 0.1) is 0 Å².